The molecule has 0 aliphatic heterocycles. The fourth-order valence-corrected chi connectivity index (χ4v) is 4.53. The molecule has 2 rings (SSSR count). The molecule has 0 saturated carbocycles. The zero-order valence-corrected chi connectivity index (χ0v) is 21.1. The summed E-state index contributed by atoms with van der Waals surface area (Å²) < 4.78 is 27.0. The number of nitrogens with zero attached hydrogens (tertiary/aromatic N) is 2. The molecule has 0 saturated heterocycles. The summed E-state index contributed by atoms with van der Waals surface area (Å²) in [5, 5.41) is 2.94. The van der Waals surface area contributed by atoms with Crippen LogP contribution in [-0.4, -0.2) is 54.6 Å². The topological polar surface area (TPSA) is 86.8 Å². The maximum atomic E-state index is 13.4. The first kappa shape index (κ1) is 26.5. The Balaban J connectivity index is 2.32. The van der Waals surface area contributed by atoms with Gasteiger partial charge in [0.1, 0.15) is 6.04 Å². The van der Waals surface area contributed by atoms with Gasteiger partial charge in [0, 0.05) is 19.1 Å². The summed E-state index contributed by atoms with van der Waals surface area (Å²) >= 11 is 0. The Labute approximate surface area is 197 Å². The number of likely N-dealkylation sites (N-methyl/N-ethyl adjacent to an activating group) is 1. The molecule has 1 atom stereocenters. The number of rotatable bonds is 9. The smallest absolute Gasteiger partial charge is 0.243 e. The highest BCUT2D eigenvalue weighted by atomic mass is 32.2. The average Bonchev–Trinajstić information content (AvgIpc) is 2.73. The molecule has 0 aliphatic carbocycles. The fourth-order valence-electron chi connectivity index (χ4n) is 3.41. The number of carbonyl (C=O) groups excluding carboxylic acids is 2. The molecule has 0 aromatic heterocycles. The average molecular weight is 474 g/mol. The predicted molar refractivity (Wildman–Crippen MR) is 130 cm³/mol. The Hall–Kier alpha value is -2.71. The van der Waals surface area contributed by atoms with Crippen LogP contribution in [0.5, 0.6) is 0 Å². The zero-order chi connectivity index (χ0) is 24.8. The van der Waals surface area contributed by atoms with E-state index in [1.165, 1.54) is 24.1 Å². The standard InChI is InChI=1S/C25H35N3O4S/c1-7-22(24(30)26-25(3,4)5)28(17-20-11-9-8-10-12-20)23(29)18-27(6)33(31,32)21-15-13-19(2)14-16-21/h8-16,22H,7,17-18H2,1-6H3,(H,26,30)/t22-/m0/s1. The number of nitrogens with one attached hydrogen (secondary N) is 1. The largest absolute Gasteiger partial charge is 0.350 e. The SMILES string of the molecule is CC[C@@H](C(=O)NC(C)(C)C)N(Cc1ccccc1)C(=O)CN(C)S(=O)(=O)c1ccc(C)cc1. The Morgan fingerprint density at radius 3 is 2.09 bits per heavy atom. The molecule has 0 unspecified atom stereocenters. The highest BCUT2D eigenvalue weighted by Crippen LogP contribution is 2.18. The zero-order valence-electron chi connectivity index (χ0n) is 20.3. The van der Waals surface area contributed by atoms with Crippen molar-refractivity contribution in [1.82, 2.24) is 14.5 Å². The molecular weight excluding hydrogens is 438 g/mol. The van der Waals surface area contributed by atoms with Crippen molar-refractivity contribution in [2.45, 2.75) is 64.1 Å². The van der Waals surface area contributed by atoms with Gasteiger partial charge in [0.2, 0.25) is 21.8 Å². The van der Waals surface area contributed by atoms with Gasteiger partial charge in [0.25, 0.3) is 0 Å². The first-order valence-electron chi connectivity index (χ1n) is 11.0. The van der Waals surface area contributed by atoms with E-state index in [0.717, 1.165) is 15.4 Å². The Bertz CT molecular complexity index is 1050. The van der Waals surface area contributed by atoms with Gasteiger partial charge >= 0.3 is 0 Å². The van der Waals surface area contributed by atoms with Gasteiger partial charge < -0.3 is 10.2 Å². The van der Waals surface area contributed by atoms with Gasteiger partial charge in [-0.25, -0.2) is 8.42 Å². The molecule has 0 bridgehead atoms. The molecular formula is C25H35N3O4S. The van der Waals surface area contributed by atoms with Crippen LogP contribution >= 0.6 is 0 Å². The van der Waals surface area contributed by atoms with Crippen molar-refractivity contribution in [3.63, 3.8) is 0 Å². The molecule has 180 valence electrons. The summed E-state index contributed by atoms with van der Waals surface area (Å²) in [7, 11) is -2.47. The van der Waals surface area contributed by atoms with Gasteiger partial charge in [-0.1, -0.05) is 55.0 Å². The van der Waals surface area contributed by atoms with Crippen LogP contribution < -0.4 is 5.32 Å². The molecule has 2 amide bonds. The van der Waals surface area contributed by atoms with Gasteiger partial charge in [0.05, 0.1) is 11.4 Å². The lowest BCUT2D eigenvalue weighted by Gasteiger charge is -2.34. The highest BCUT2D eigenvalue weighted by Gasteiger charge is 2.33. The van der Waals surface area contributed by atoms with Crippen LogP contribution in [0.15, 0.2) is 59.5 Å². The van der Waals surface area contributed by atoms with E-state index in [0.29, 0.717) is 6.42 Å². The first-order valence-corrected chi connectivity index (χ1v) is 12.5. The second-order valence-electron chi connectivity index (χ2n) is 9.24. The van der Waals surface area contributed by atoms with Gasteiger partial charge in [0.15, 0.2) is 0 Å². The minimum atomic E-state index is -3.85. The molecule has 0 heterocycles. The Morgan fingerprint density at radius 2 is 1.58 bits per heavy atom. The third kappa shape index (κ3) is 7.40. The number of hydrogen-bond acceptors (Lipinski definition) is 4. The van der Waals surface area contributed by atoms with Crippen molar-refractivity contribution >= 4 is 21.8 Å². The van der Waals surface area contributed by atoms with Gasteiger partial charge in [-0.15, -0.1) is 0 Å². The van der Waals surface area contributed by atoms with E-state index >= 15 is 0 Å². The van der Waals surface area contributed by atoms with E-state index in [2.05, 4.69) is 5.32 Å². The van der Waals surface area contributed by atoms with Crippen LogP contribution in [0.3, 0.4) is 0 Å². The minimum Gasteiger partial charge on any atom is -0.350 e. The number of sulfonamides is 1. The molecule has 0 radical (unpaired) electrons. The molecule has 0 spiro atoms. The number of aryl methyl sites for hydroxylation is 1. The number of amides is 2. The Kier molecular flexibility index (Phi) is 8.80. The molecule has 2 aromatic rings. The minimum absolute atomic E-state index is 0.121. The Morgan fingerprint density at radius 1 is 1.00 bits per heavy atom. The van der Waals surface area contributed by atoms with E-state index in [4.69, 9.17) is 0 Å². The quantitative estimate of drug-likeness (QED) is 0.605. The summed E-state index contributed by atoms with van der Waals surface area (Å²) in [6.45, 7) is 9.18. The predicted octanol–water partition coefficient (Wildman–Crippen LogP) is 3.34. The maximum absolute atomic E-state index is 13.4. The summed E-state index contributed by atoms with van der Waals surface area (Å²) in [5.74, 6) is -0.703. The van der Waals surface area contributed by atoms with Crippen LogP contribution in [0.25, 0.3) is 0 Å². The van der Waals surface area contributed by atoms with Crippen molar-refractivity contribution in [2.24, 2.45) is 0 Å². The summed E-state index contributed by atoms with van der Waals surface area (Å²) in [5.41, 5.74) is 1.34. The van der Waals surface area contributed by atoms with Crippen molar-refractivity contribution in [3.8, 4) is 0 Å². The van der Waals surface area contributed by atoms with Crippen LogP contribution in [0.4, 0.5) is 0 Å². The molecule has 7 nitrogen and oxygen atoms in total. The molecule has 33 heavy (non-hydrogen) atoms. The molecule has 1 N–H and O–H groups in total. The lowest BCUT2D eigenvalue weighted by molar-refractivity contribution is -0.142. The monoisotopic (exact) mass is 473 g/mol. The van der Waals surface area contributed by atoms with Gasteiger partial charge in [-0.2, -0.15) is 4.31 Å². The highest BCUT2D eigenvalue weighted by molar-refractivity contribution is 7.89. The maximum Gasteiger partial charge on any atom is 0.243 e. The lowest BCUT2D eigenvalue weighted by Crippen LogP contribution is -2.55. The first-order chi connectivity index (χ1) is 15.3. The molecule has 8 heteroatoms. The van der Waals surface area contributed by atoms with Crippen molar-refractivity contribution in [1.29, 1.82) is 0 Å². The van der Waals surface area contributed by atoms with Gasteiger partial charge in [-0.3, -0.25) is 9.59 Å². The molecule has 0 fully saturated rings. The number of benzene rings is 2. The molecule has 2 aromatic carbocycles. The van der Waals surface area contributed by atoms with E-state index in [1.807, 2.05) is 65.0 Å². The summed E-state index contributed by atoms with van der Waals surface area (Å²) in [4.78, 5) is 28.0. The van der Waals surface area contributed by atoms with Crippen LogP contribution in [-0.2, 0) is 26.2 Å². The lowest BCUT2D eigenvalue weighted by atomic mass is 10.1. The summed E-state index contributed by atoms with van der Waals surface area (Å²) in [6, 6.07) is 15.1. The summed E-state index contributed by atoms with van der Waals surface area (Å²) in [6.07, 6.45) is 0.398. The van der Waals surface area contributed by atoms with Gasteiger partial charge in [-0.05, 0) is 51.8 Å². The number of hydrogen-bond donors (Lipinski definition) is 1. The third-order valence-corrected chi connectivity index (χ3v) is 6.98. The second-order valence-corrected chi connectivity index (χ2v) is 11.3. The van der Waals surface area contributed by atoms with E-state index in [9.17, 15) is 18.0 Å². The number of carbonyl (C=O) groups is 2. The van der Waals surface area contributed by atoms with Crippen LogP contribution in [0.1, 0.15) is 45.2 Å². The molecule has 0 aliphatic rings. The fraction of sp³-hybridized carbons (Fsp3) is 0.440. The normalized spacial score (nSPS) is 12.9. The third-order valence-electron chi connectivity index (χ3n) is 5.17. The van der Waals surface area contributed by atoms with E-state index in [-0.39, 0.29) is 23.9 Å². The van der Waals surface area contributed by atoms with E-state index < -0.39 is 27.5 Å². The van der Waals surface area contributed by atoms with Crippen molar-refractivity contribution < 1.29 is 18.0 Å². The van der Waals surface area contributed by atoms with E-state index in [1.54, 1.807) is 12.1 Å². The van der Waals surface area contributed by atoms with Crippen molar-refractivity contribution in [2.75, 3.05) is 13.6 Å². The van der Waals surface area contributed by atoms with Crippen LogP contribution in [0, 0.1) is 6.92 Å². The second kappa shape index (κ2) is 10.9. The van der Waals surface area contributed by atoms with Crippen molar-refractivity contribution in [3.05, 3.63) is 65.7 Å². The van der Waals surface area contributed by atoms with Crippen LogP contribution in [0.2, 0.25) is 0 Å².